The Kier molecular flexibility index (Phi) is 5.33. The molecule has 0 bridgehead atoms. The predicted octanol–water partition coefficient (Wildman–Crippen LogP) is 3.98. The highest BCUT2D eigenvalue weighted by atomic mass is 19.1. The number of benzene rings is 1. The van der Waals surface area contributed by atoms with E-state index in [4.69, 9.17) is 15.3 Å². The van der Waals surface area contributed by atoms with Gasteiger partial charge >= 0.3 is 0 Å². The smallest absolute Gasteiger partial charge is 0.213 e. The van der Waals surface area contributed by atoms with Crippen molar-refractivity contribution in [3.8, 4) is 5.88 Å². The minimum absolute atomic E-state index is 0.0345. The number of nitrogens with two attached hydrogens (primary N) is 1. The van der Waals surface area contributed by atoms with E-state index in [1.165, 1.54) is 12.1 Å². The Morgan fingerprint density at radius 1 is 1.14 bits per heavy atom. The van der Waals surface area contributed by atoms with E-state index in [0.29, 0.717) is 24.5 Å². The Labute approximate surface area is 166 Å². The van der Waals surface area contributed by atoms with E-state index < -0.39 is 11.6 Å². The fourth-order valence-electron chi connectivity index (χ4n) is 3.03. The van der Waals surface area contributed by atoms with Crippen LogP contribution in [0.3, 0.4) is 0 Å². The van der Waals surface area contributed by atoms with E-state index >= 15 is 0 Å². The molecule has 0 saturated heterocycles. The summed E-state index contributed by atoms with van der Waals surface area (Å²) >= 11 is 0. The lowest BCUT2D eigenvalue weighted by Crippen LogP contribution is -2.06. The monoisotopic (exact) mass is 396 g/mol. The highest BCUT2D eigenvalue weighted by molar-refractivity contribution is 5.87. The zero-order valence-electron chi connectivity index (χ0n) is 15.4. The van der Waals surface area contributed by atoms with Gasteiger partial charge in [-0.3, -0.25) is 0 Å². The Morgan fingerprint density at radius 2 is 2.03 bits per heavy atom. The number of hydrogen-bond acceptors (Lipinski definition) is 6. The van der Waals surface area contributed by atoms with E-state index in [9.17, 15) is 8.78 Å². The summed E-state index contributed by atoms with van der Waals surface area (Å²) in [7, 11) is 0. The van der Waals surface area contributed by atoms with E-state index in [1.807, 2.05) is 18.2 Å². The van der Waals surface area contributed by atoms with E-state index in [0.717, 1.165) is 22.9 Å². The van der Waals surface area contributed by atoms with E-state index in [2.05, 4.69) is 15.1 Å². The second-order valence-corrected chi connectivity index (χ2v) is 6.64. The molecule has 0 radical (unpaired) electrons. The molecule has 6 nitrogen and oxygen atoms in total. The fourth-order valence-corrected chi connectivity index (χ4v) is 3.03. The average molecular weight is 396 g/mol. The highest BCUT2D eigenvalue weighted by Gasteiger charge is 2.25. The van der Waals surface area contributed by atoms with Crippen LogP contribution in [-0.4, -0.2) is 15.7 Å². The number of rotatable bonds is 6. The molecule has 1 aliphatic heterocycles. The molecule has 0 saturated carbocycles. The summed E-state index contributed by atoms with van der Waals surface area (Å²) in [6.45, 7) is -0.0345. The summed E-state index contributed by atoms with van der Waals surface area (Å²) in [5.41, 5.74) is 8.79. The fraction of sp³-hybridized carbons (Fsp3) is 0.190. The standard InChI is InChI=1S/C21H18F2N4O2/c22-15-5-4-14(18(23)9-15)12-28-20-6-3-13(11-26-20)8-16-10-19(29-27-16)17-2-1-7-25-21(17)24/h1-7,9,11,19H,8,10,12H2,(H2,24,25). The summed E-state index contributed by atoms with van der Waals surface area (Å²) < 4.78 is 32.1. The number of hydrogen-bond donors (Lipinski definition) is 1. The third-order valence-electron chi connectivity index (χ3n) is 4.54. The first kappa shape index (κ1) is 18.8. The quantitative estimate of drug-likeness (QED) is 0.682. The maximum absolute atomic E-state index is 13.6. The normalized spacial score (nSPS) is 15.7. The topological polar surface area (TPSA) is 82.6 Å². The summed E-state index contributed by atoms with van der Waals surface area (Å²) in [6.07, 6.45) is 4.27. The van der Waals surface area contributed by atoms with Crippen molar-refractivity contribution in [3.05, 3.63) is 83.2 Å². The third kappa shape index (κ3) is 4.48. The van der Waals surface area contributed by atoms with Crippen molar-refractivity contribution in [2.75, 3.05) is 5.73 Å². The lowest BCUT2D eigenvalue weighted by molar-refractivity contribution is 0.0860. The number of oxime groups is 1. The molecule has 29 heavy (non-hydrogen) atoms. The van der Waals surface area contributed by atoms with Gasteiger partial charge in [0.25, 0.3) is 0 Å². The van der Waals surface area contributed by atoms with Crippen molar-refractivity contribution in [2.45, 2.75) is 25.6 Å². The van der Waals surface area contributed by atoms with Crippen molar-refractivity contribution in [2.24, 2.45) is 5.16 Å². The van der Waals surface area contributed by atoms with Crippen LogP contribution < -0.4 is 10.5 Å². The first-order chi connectivity index (χ1) is 14.1. The molecule has 0 aliphatic carbocycles. The van der Waals surface area contributed by atoms with Crippen LogP contribution in [-0.2, 0) is 17.9 Å². The molecule has 8 heteroatoms. The summed E-state index contributed by atoms with van der Waals surface area (Å²) in [4.78, 5) is 13.8. The molecule has 1 atom stereocenters. The van der Waals surface area contributed by atoms with Crippen molar-refractivity contribution in [3.63, 3.8) is 0 Å². The van der Waals surface area contributed by atoms with Crippen LogP contribution in [0, 0.1) is 11.6 Å². The van der Waals surface area contributed by atoms with E-state index in [-0.39, 0.29) is 18.3 Å². The molecule has 1 aliphatic rings. The molecule has 0 amide bonds. The molecule has 3 heterocycles. The number of halogens is 2. The van der Waals surface area contributed by atoms with Crippen molar-refractivity contribution < 1.29 is 18.4 Å². The number of ether oxygens (including phenoxy) is 1. The molecular formula is C21H18F2N4O2. The lowest BCUT2D eigenvalue weighted by atomic mass is 10.0. The summed E-state index contributed by atoms with van der Waals surface area (Å²) in [6, 6.07) is 10.6. The minimum atomic E-state index is -0.648. The Bertz CT molecular complexity index is 1040. The van der Waals surface area contributed by atoms with Gasteiger partial charge in [-0.2, -0.15) is 0 Å². The van der Waals surface area contributed by atoms with Gasteiger partial charge in [-0.15, -0.1) is 0 Å². The first-order valence-corrected chi connectivity index (χ1v) is 9.02. The minimum Gasteiger partial charge on any atom is -0.473 e. The number of anilines is 1. The van der Waals surface area contributed by atoms with Crippen LogP contribution in [0.4, 0.5) is 14.6 Å². The van der Waals surface area contributed by atoms with Crippen LogP contribution in [0.25, 0.3) is 0 Å². The van der Waals surface area contributed by atoms with Gasteiger partial charge in [0.15, 0.2) is 6.10 Å². The van der Waals surface area contributed by atoms with Gasteiger partial charge in [-0.25, -0.2) is 18.7 Å². The van der Waals surface area contributed by atoms with Crippen LogP contribution in [0.5, 0.6) is 5.88 Å². The van der Waals surface area contributed by atoms with Crippen LogP contribution in [0.15, 0.2) is 60.0 Å². The number of nitrogen functional groups attached to an aromatic ring is 1. The Balaban J connectivity index is 1.32. The maximum Gasteiger partial charge on any atom is 0.213 e. The SMILES string of the molecule is Nc1ncccc1C1CC(Cc2ccc(OCc3ccc(F)cc3F)nc2)=NO1. The second kappa shape index (κ2) is 8.22. The predicted molar refractivity (Wildman–Crippen MR) is 103 cm³/mol. The van der Waals surface area contributed by atoms with Crippen LogP contribution in [0.2, 0.25) is 0 Å². The molecule has 1 unspecified atom stereocenters. The van der Waals surface area contributed by atoms with Gasteiger partial charge in [0, 0.05) is 48.5 Å². The summed E-state index contributed by atoms with van der Waals surface area (Å²) in [5, 5.41) is 4.15. The number of pyridine rings is 2. The Morgan fingerprint density at radius 3 is 2.79 bits per heavy atom. The lowest BCUT2D eigenvalue weighted by Gasteiger charge is -2.10. The van der Waals surface area contributed by atoms with Gasteiger partial charge in [0.1, 0.15) is 24.1 Å². The van der Waals surface area contributed by atoms with Crippen LogP contribution >= 0.6 is 0 Å². The highest BCUT2D eigenvalue weighted by Crippen LogP contribution is 2.30. The largest absolute Gasteiger partial charge is 0.473 e. The third-order valence-corrected chi connectivity index (χ3v) is 4.54. The molecule has 1 aromatic carbocycles. The molecule has 148 valence electrons. The van der Waals surface area contributed by atoms with Gasteiger partial charge in [-0.05, 0) is 29.8 Å². The zero-order valence-corrected chi connectivity index (χ0v) is 15.4. The average Bonchev–Trinajstić information content (AvgIpc) is 3.17. The first-order valence-electron chi connectivity index (χ1n) is 9.02. The van der Waals surface area contributed by atoms with Gasteiger partial charge in [-0.1, -0.05) is 11.2 Å². The van der Waals surface area contributed by atoms with Gasteiger partial charge in [0.05, 0.1) is 5.71 Å². The zero-order chi connectivity index (χ0) is 20.2. The number of nitrogens with zero attached hydrogens (tertiary/aromatic N) is 3. The molecule has 3 aromatic rings. The van der Waals surface area contributed by atoms with Crippen molar-refractivity contribution >= 4 is 11.5 Å². The van der Waals surface area contributed by atoms with E-state index in [1.54, 1.807) is 18.5 Å². The molecule has 0 fully saturated rings. The maximum atomic E-state index is 13.6. The van der Waals surface area contributed by atoms with Crippen molar-refractivity contribution in [1.29, 1.82) is 0 Å². The van der Waals surface area contributed by atoms with Gasteiger partial charge < -0.3 is 15.3 Å². The molecular weight excluding hydrogens is 378 g/mol. The molecule has 4 rings (SSSR count). The molecule has 0 spiro atoms. The van der Waals surface area contributed by atoms with Gasteiger partial charge in [0.2, 0.25) is 5.88 Å². The second-order valence-electron chi connectivity index (χ2n) is 6.64. The summed E-state index contributed by atoms with van der Waals surface area (Å²) in [5.74, 6) is -0.483. The molecule has 2 N–H and O–H groups in total. The Hall–Kier alpha value is -3.55. The molecule has 2 aromatic heterocycles. The van der Waals surface area contributed by atoms with Crippen molar-refractivity contribution in [1.82, 2.24) is 9.97 Å². The number of aromatic nitrogens is 2. The van der Waals surface area contributed by atoms with Crippen LogP contribution in [0.1, 0.15) is 29.2 Å².